The molecule has 1 amide bonds. The summed E-state index contributed by atoms with van der Waals surface area (Å²) < 4.78 is 1.85. The van der Waals surface area contributed by atoms with Crippen LogP contribution in [0, 0.1) is 0 Å². The Bertz CT molecular complexity index is 284. The van der Waals surface area contributed by atoms with Crippen LogP contribution in [0.25, 0.3) is 0 Å². The molecule has 0 fully saturated rings. The molecular weight excluding hydrogens is 172 g/mol. The molecule has 3 N–H and O–H groups in total. The topological polar surface area (TPSA) is 82.2 Å². The quantitative estimate of drug-likeness (QED) is 0.451. The van der Waals surface area contributed by atoms with Crippen molar-refractivity contribution in [2.24, 2.45) is 12.8 Å². The van der Waals surface area contributed by atoms with Crippen LogP contribution in [-0.2, 0) is 23.2 Å². The summed E-state index contributed by atoms with van der Waals surface area (Å²) in [7, 11) is 1.87. The number of hydrogen-bond acceptors (Lipinski definition) is 4. The highest BCUT2D eigenvalue weighted by Crippen LogP contribution is 1.92. The number of carbonyl (C=O) groups is 1. The Morgan fingerprint density at radius 3 is 3.15 bits per heavy atom. The minimum atomic E-state index is -0.507. The Morgan fingerprint density at radius 2 is 2.62 bits per heavy atom. The zero-order valence-corrected chi connectivity index (χ0v) is 7.36. The number of aryl methyl sites for hydroxylation is 1. The molecule has 0 radical (unpaired) electrons. The molecule has 0 bridgehead atoms. The maximum absolute atomic E-state index is 10.3. The van der Waals surface area contributed by atoms with E-state index in [0.717, 1.165) is 5.82 Å². The minimum Gasteiger partial charge on any atom is -0.368 e. The molecule has 0 aliphatic rings. The predicted molar refractivity (Wildman–Crippen MR) is 45.2 cm³/mol. The first-order valence-electron chi connectivity index (χ1n) is 3.79. The summed E-state index contributed by atoms with van der Waals surface area (Å²) in [4.78, 5) is 19.0. The minimum absolute atomic E-state index is 0.135. The number of nitrogens with two attached hydrogens (primary N) is 1. The SMILES string of the molecule is Cn1ccnc1CNOCC(N)=O. The van der Waals surface area contributed by atoms with E-state index in [4.69, 9.17) is 10.6 Å². The Kier molecular flexibility index (Phi) is 3.41. The van der Waals surface area contributed by atoms with Gasteiger partial charge >= 0.3 is 0 Å². The van der Waals surface area contributed by atoms with E-state index >= 15 is 0 Å². The molecule has 0 aliphatic heterocycles. The number of hydrogen-bond donors (Lipinski definition) is 2. The highest BCUT2D eigenvalue weighted by Gasteiger charge is 1.98. The van der Waals surface area contributed by atoms with E-state index in [1.54, 1.807) is 6.20 Å². The molecule has 72 valence electrons. The Morgan fingerprint density at radius 1 is 1.85 bits per heavy atom. The highest BCUT2D eigenvalue weighted by atomic mass is 16.6. The van der Waals surface area contributed by atoms with Crippen molar-refractivity contribution in [1.82, 2.24) is 15.0 Å². The van der Waals surface area contributed by atoms with Gasteiger partial charge in [0.15, 0.2) is 0 Å². The third kappa shape index (κ3) is 3.22. The molecule has 1 rings (SSSR count). The Hall–Kier alpha value is -1.40. The molecule has 1 aromatic rings. The number of rotatable bonds is 5. The van der Waals surface area contributed by atoms with E-state index in [1.165, 1.54) is 0 Å². The number of hydroxylamine groups is 1. The summed E-state index contributed by atoms with van der Waals surface area (Å²) in [5.74, 6) is 0.316. The van der Waals surface area contributed by atoms with Crippen LogP contribution in [0.5, 0.6) is 0 Å². The normalized spacial score (nSPS) is 10.2. The molecule has 13 heavy (non-hydrogen) atoms. The molecule has 6 heteroatoms. The number of carbonyl (C=O) groups excluding carboxylic acids is 1. The van der Waals surface area contributed by atoms with Gasteiger partial charge in [-0.15, -0.1) is 0 Å². The van der Waals surface area contributed by atoms with Crippen LogP contribution in [0.2, 0.25) is 0 Å². The largest absolute Gasteiger partial charge is 0.368 e. The number of nitrogens with one attached hydrogen (secondary N) is 1. The van der Waals surface area contributed by atoms with Gasteiger partial charge in [-0.2, -0.15) is 5.48 Å². The molecule has 0 aromatic carbocycles. The molecule has 6 nitrogen and oxygen atoms in total. The third-order valence-electron chi connectivity index (χ3n) is 1.47. The van der Waals surface area contributed by atoms with Gasteiger partial charge < -0.3 is 10.3 Å². The predicted octanol–water partition coefficient (Wildman–Crippen LogP) is -1.07. The van der Waals surface area contributed by atoms with Crippen LogP contribution in [-0.4, -0.2) is 22.1 Å². The summed E-state index contributed by atoms with van der Waals surface area (Å²) in [5.41, 5.74) is 7.43. The summed E-state index contributed by atoms with van der Waals surface area (Å²) in [6, 6.07) is 0. The van der Waals surface area contributed by atoms with E-state index < -0.39 is 5.91 Å². The van der Waals surface area contributed by atoms with E-state index in [2.05, 4.69) is 10.5 Å². The molecule has 0 saturated carbocycles. The number of imidazole rings is 1. The van der Waals surface area contributed by atoms with E-state index in [1.807, 2.05) is 17.8 Å². The van der Waals surface area contributed by atoms with Crippen molar-refractivity contribution < 1.29 is 9.63 Å². The zero-order valence-electron chi connectivity index (χ0n) is 7.36. The first kappa shape index (κ1) is 9.69. The van der Waals surface area contributed by atoms with Gasteiger partial charge in [0.25, 0.3) is 0 Å². The van der Waals surface area contributed by atoms with Gasteiger partial charge in [-0.1, -0.05) is 0 Å². The average Bonchev–Trinajstić information content (AvgIpc) is 2.45. The van der Waals surface area contributed by atoms with Crippen molar-refractivity contribution in [3.05, 3.63) is 18.2 Å². The maximum Gasteiger partial charge on any atom is 0.245 e. The van der Waals surface area contributed by atoms with Crippen LogP contribution < -0.4 is 11.2 Å². The molecule has 1 heterocycles. The van der Waals surface area contributed by atoms with Crippen LogP contribution in [0.3, 0.4) is 0 Å². The van der Waals surface area contributed by atoms with Crippen molar-refractivity contribution in [3.8, 4) is 0 Å². The van der Waals surface area contributed by atoms with Gasteiger partial charge in [0, 0.05) is 19.4 Å². The Balaban J connectivity index is 2.20. The van der Waals surface area contributed by atoms with Crippen molar-refractivity contribution >= 4 is 5.91 Å². The molecule has 0 atom stereocenters. The smallest absolute Gasteiger partial charge is 0.245 e. The second kappa shape index (κ2) is 4.58. The van der Waals surface area contributed by atoms with Gasteiger partial charge in [-0.05, 0) is 0 Å². The van der Waals surface area contributed by atoms with Gasteiger partial charge in [0.1, 0.15) is 12.4 Å². The lowest BCUT2D eigenvalue weighted by atomic mass is 10.6. The van der Waals surface area contributed by atoms with E-state index in [9.17, 15) is 4.79 Å². The van der Waals surface area contributed by atoms with Crippen LogP contribution in [0.15, 0.2) is 12.4 Å². The lowest BCUT2D eigenvalue weighted by Crippen LogP contribution is -2.25. The second-order valence-corrected chi connectivity index (χ2v) is 2.53. The average molecular weight is 184 g/mol. The monoisotopic (exact) mass is 184 g/mol. The molecule has 0 saturated heterocycles. The van der Waals surface area contributed by atoms with Gasteiger partial charge in [-0.3, -0.25) is 9.63 Å². The number of amides is 1. The highest BCUT2D eigenvalue weighted by molar-refractivity contribution is 5.74. The second-order valence-electron chi connectivity index (χ2n) is 2.53. The molecule has 0 spiro atoms. The van der Waals surface area contributed by atoms with E-state index in [-0.39, 0.29) is 6.61 Å². The van der Waals surface area contributed by atoms with Crippen molar-refractivity contribution in [3.63, 3.8) is 0 Å². The maximum atomic E-state index is 10.3. The lowest BCUT2D eigenvalue weighted by Gasteiger charge is -2.03. The molecule has 0 aliphatic carbocycles. The molecular formula is C7H12N4O2. The first-order valence-corrected chi connectivity index (χ1v) is 3.79. The van der Waals surface area contributed by atoms with Crippen LogP contribution >= 0.6 is 0 Å². The summed E-state index contributed by atoms with van der Waals surface area (Å²) >= 11 is 0. The fourth-order valence-electron chi connectivity index (χ4n) is 0.805. The van der Waals surface area contributed by atoms with Crippen molar-refractivity contribution in [1.29, 1.82) is 0 Å². The fourth-order valence-corrected chi connectivity index (χ4v) is 0.805. The zero-order chi connectivity index (χ0) is 9.68. The lowest BCUT2D eigenvalue weighted by molar-refractivity contribution is -0.125. The van der Waals surface area contributed by atoms with Crippen molar-refractivity contribution in [2.75, 3.05) is 6.61 Å². The third-order valence-corrected chi connectivity index (χ3v) is 1.47. The first-order chi connectivity index (χ1) is 6.20. The van der Waals surface area contributed by atoms with Crippen LogP contribution in [0.1, 0.15) is 5.82 Å². The number of primary amides is 1. The summed E-state index contributed by atoms with van der Waals surface area (Å²) in [6.07, 6.45) is 3.51. The van der Waals surface area contributed by atoms with Gasteiger partial charge in [0.05, 0.1) is 6.54 Å². The Labute approximate surface area is 75.6 Å². The fraction of sp³-hybridized carbons (Fsp3) is 0.429. The number of nitrogens with zero attached hydrogens (tertiary/aromatic N) is 2. The molecule has 1 aromatic heterocycles. The summed E-state index contributed by atoms with van der Waals surface area (Å²) in [6.45, 7) is 0.307. The van der Waals surface area contributed by atoms with Gasteiger partial charge in [0.2, 0.25) is 5.91 Å². The standard InChI is InChI=1S/C7H12N4O2/c1-11-3-2-9-7(11)4-10-13-5-6(8)12/h2-3,10H,4-5H2,1H3,(H2,8,12). The van der Waals surface area contributed by atoms with Crippen molar-refractivity contribution in [2.45, 2.75) is 6.54 Å². The number of aromatic nitrogens is 2. The summed E-state index contributed by atoms with van der Waals surface area (Å²) in [5, 5.41) is 0. The van der Waals surface area contributed by atoms with Gasteiger partial charge in [-0.25, -0.2) is 4.98 Å². The van der Waals surface area contributed by atoms with E-state index in [0.29, 0.717) is 6.54 Å². The van der Waals surface area contributed by atoms with Crippen LogP contribution in [0.4, 0.5) is 0 Å². The molecule has 0 unspecified atom stereocenters.